The van der Waals surface area contributed by atoms with Crippen LogP contribution >= 0.6 is 11.8 Å². The zero-order chi connectivity index (χ0) is 36.9. The highest BCUT2D eigenvalue weighted by molar-refractivity contribution is 7.99. The Morgan fingerprint density at radius 2 is 1.45 bits per heavy atom. The molecule has 0 spiro atoms. The maximum Gasteiger partial charge on any atom is 0.490 e. The van der Waals surface area contributed by atoms with Crippen molar-refractivity contribution in [2.75, 3.05) is 37.8 Å². The molecule has 1 amide bonds. The molecular weight excluding hydrogens is 686 g/mol. The summed E-state index contributed by atoms with van der Waals surface area (Å²) >= 11 is 1.58. The molecule has 2 aliphatic heterocycles. The SMILES string of the molecule is N#Cc1ccccc1-c1ccc(C(=O)CN2CCC(N(N)CC(=O)N3CSCC3C#N)CC2)cc1.O=C(O)C(F)(F)F.O=C(O)C(F)(F)F. The third-order valence-corrected chi connectivity index (χ3v) is 8.13. The van der Waals surface area contributed by atoms with Crippen LogP contribution in [-0.4, -0.2) is 111 Å². The monoisotopic (exact) mass is 716 g/mol. The zero-order valence-electron chi connectivity index (χ0n) is 25.4. The average Bonchev–Trinajstić information content (AvgIpc) is 3.54. The molecule has 4 rings (SSSR count). The number of hydrogen-bond acceptors (Lipinski definition) is 10. The van der Waals surface area contributed by atoms with E-state index in [9.17, 15) is 46.5 Å². The van der Waals surface area contributed by atoms with Gasteiger partial charge in [-0.05, 0) is 30.0 Å². The molecule has 0 saturated carbocycles. The molecule has 1 atom stereocenters. The summed E-state index contributed by atoms with van der Waals surface area (Å²) in [5.41, 5.74) is 3.01. The molecule has 0 radical (unpaired) electrons. The van der Waals surface area contributed by atoms with Crippen molar-refractivity contribution in [3.8, 4) is 23.3 Å². The van der Waals surface area contributed by atoms with Gasteiger partial charge in [-0.15, -0.1) is 11.8 Å². The molecule has 1 unspecified atom stereocenters. The number of rotatable bonds is 7. The molecular formula is C30H30F6N6O6S. The van der Waals surface area contributed by atoms with Crippen molar-refractivity contribution >= 4 is 35.4 Å². The molecule has 19 heteroatoms. The topological polar surface area (TPSA) is 192 Å². The molecule has 2 fully saturated rings. The second-order valence-electron chi connectivity index (χ2n) is 10.5. The molecule has 264 valence electrons. The minimum absolute atomic E-state index is 0.0532. The minimum Gasteiger partial charge on any atom is -0.475 e. The van der Waals surface area contributed by atoms with E-state index >= 15 is 0 Å². The Morgan fingerprint density at radius 3 is 1.94 bits per heavy atom. The normalized spacial score (nSPS) is 16.7. The van der Waals surface area contributed by atoms with Crippen molar-refractivity contribution in [2.24, 2.45) is 5.84 Å². The Morgan fingerprint density at radius 1 is 0.918 bits per heavy atom. The number of carbonyl (C=O) groups excluding carboxylic acids is 2. The fraction of sp³-hybridized carbons (Fsp3) is 0.400. The van der Waals surface area contributed by atoms with Crippen molar-refractivity contribution in [1.29, 1.82) is 10.5 Å². The molecule has 0 bridgehead atoms. The lowest BCUT2D eigenvalue weighted by atomic mass is 9.98. The van der Waals surface area contributed by atoms with Gasteiger partial charge in [-0.1, -0.05) is 42.5 Å². The zero-order valence-corrected chi connectivity index (χ0v) is 26.3. The number of benzene rings is 2. The molecule has 0 aliphatic carbocycles. The summed E-state index contributed by atoms with van der Waals surface area (Å²) < 4.78 is 63.5. The van der Waals surface area contributed by atoms with E-state index < -0.39 is 24.3 Å². The van der Waals surface area contributed by atoms with Crippen LogP contribution in [0.2, 0.25) is 0 Å². The van der Waals surface area contributed by atoms with Gasteiger partial charge < -0.3 is 15.1 Å². The number of ketones is 1. The number of alkyl halides is 6. The summed E-state index contributed by atoms with van der Waals surface area (Å²) in [5.74, 6) is 1.83. The number of amides is 1. The van der Waals surface area contributed by atoms with Crippen LogP contribution in [0.25, 0.3) is 11.1 Å². The number of carboxylic acid groups (broad SMARTS) is 2. The lowest BCUT2D eigenvalue weighted by molar-refractivity contribution is -0.193. The Hall–Kier alpha value is -4.69. The number of carboxylic acids is 2. The van der Waals surface area contributed by atoms with Crippen LogP contribution in [0.5, 0.6) is 0 Å². The van der Waals surface area contributed by atoms with E-state index in [-0.39, 0.29) is 30.3 Å². The Bertz CT molecular complexity index is 1530. The van der Waals surface area contributed by atoms with Gasteiger partial charge >= 0.3 is 24.3 Å². The molecule has 12 nitrogen and oxygen atoms in total. The summed E-state index contributed by atoms with van der Waals surface area (Å²) in [6.07, 6.45) is -8.62. The van der Waals surface area contributed by atoms with Crippen molar-refractivity contribution < 1.29 is 55.7 Å². The summed E-state index contributed by atoms with van der Waals surface area (Å²) in [7, 11) is 0. The van der Waals surface area contributed by atoms with Crippen molar-refractivity contribution in [3.63, 3.8) is 0 Å². The number of piperidine rings is 1. The molecule has 2 aromatic rings. The molecule has 49 heavy (non-hydrogen) atoms. The predicted molar refractivity (Wildman–Crippen MR) is 162 cm³/mol. The van der Waals surface area contributed by atoms with Gasteiger partial charge in [-0.25, -0.2) is 14.6 Å². The van der Waals surface area contributed by atoms with Crippen LogP contribution in [0.3, 0.4) is 0 Å². The van der Waals surface area contributed by atoms with Crippen molar-refractivity contribution in [1.82, 2.24) is 14.8 Å². The number of likely N-dealkylation sites (tertiary alicyclic amines) is 1. The first kappa shape index (κ1) is 40.5. The van der Waals surface area contributed by atoms with Gasteiger partial charge in [-0.3, -0.25) is 20.3 Å². The van der Waals surface area contributed by atoms with Gasteiger partial charge in [-0.2, -0.15) is 36.9 Å². The molecule has 2 saturated heterocycles. The highest BCUT2D eigenvalue weighted by Gasteiger charge is 2.39. The van der Waals surface area contributed by atoms with E-state index in [0.717, 1.165) is 37.1 Å². The van der Waals surface area contributed by atoms with Crippen molar-refractivity contribution in [2.45, 2.75) is 37.3 Å². The maximum absolute atomic E-state index is 12.8. The lowest BCUT2D eigenvalue weighted by Gasteiger charge is -2.36. The van der Waals surface area contributed by atoms with Gasteiger partial charge in [0.15, 0.2) is 5.78 Å². The largest absolute Gasteiger partial charge is 0.490 e. The smallest absolute Gasteiger partial charge is 0.475 e. The number of thioether (sulfide) groups is 1. The third kappa shape index (κ3) is 12.7. The molecule has 2 heterocycles. The van der Waals surface area contributed by atoms with Crippen LogP contribution in [0.4, 0.5) is 26.3 Å². The third-order valence-electron chi connectivity index (χ3n) is 7.11. The fourth-order valence-corrected chi connectivity index (χ4v) is 5.65. The number of halogens is 6. The number of Topliss-reactive ketones (excluding diaryl/α,β-unsaturated/α-hetero) is 1. The Balaban J connectivity index is 0.000000500. The summed E-state index contributed by atoms with van der Waals surface area (Å²) in [6.45, 7) is 1.89. The fourth-order valence-electron chi connectivity index (χ4n) is 4.54. The maximum atomic E-state index is 12.8. The van der Waals surface area contributed by atoms with Crippen LogP contribution in [-0.2, 0) is 14.4 Å². The van der Waals surface area contributed by atoms with Gasteiger partial charge in [0.1, 0.15) is 6.04 Å². The van der Waals surface area contributed by atoms with E-state index in [0.29, 0.717) is 29.3 Å². The van der Waals surface area contributed by atoms with E-state index in [4.69, 9.17) is 25.6 Å². The molecule has 2 aliphatic rings. The summed E-state index contributed by atoms with van der Waals surface area (Å²) in [5, 5.41) is 34.4. The van der Waals surface area contributed by atoms with Crippen LogP contribution in [0, 0.1) is 22.7 Å². The predicted octanol–water partition coefficient (Wildman–Crippen LogP) is 3.74. The molecule has 4 N–H and O–H groups in total. The number of aliphatic carboxylic acids is 2. The molecule has 2 aromatic carbocycles. The highest BCUT2D eigenvalue weighted by Crippen LogP contribution is 2.24. The first-order chi connectivity index (χ1) is 22.9. The van der Waals surface area contributed by atoms with Gasteiger partial charge in [0, 0.05) is 30.4 Å². The van der Waals surface area contributed by atoms with Gasteiger partial charge in [0.2, 0.25) is 5.91 Å². The number of hydrazine groups is 1. The van der Waals surface area contributed by atoms with Crippen LogP contribution < -0.4 is 5.84 Å². The van der Waals surface area contributed by atoms with Crippen LogP contribution in [0.1, 0.15) is 28.8 Å². The summed E-state index contributed by atoms with van der Waals surface area (Å²) in [6, 6.07) is 18.9. The first-order valence-corrected chi connectivity index (χ1v) is 15.3. The van der Waals surface area contributed by atoms with E-state index in [1.165, 1.54) is 0 Å². The van der Waals surface area contributed by atoms with Crippen molar-refractivity contribution in [3.05, 3.63) is 59.7 Å². The van der Waals surface area contributed by atoms with E-state index in [2.05, 4.69) is 17.0 Å². The minimum atomic E-state index is -5.08. The Kier molecular flexibility index (Phi) is 15.0. The first-order valence-electron chi connectivity index (χ1n) is 14.1. The number of nitrogens with two attached hydrogens (primary N) is 1. The summed E-state index contributed by atoms with van der Waals surface area (Å²) in [4.78, 5) is 46.9. The molecule has 0 aromatic heterocycles. The lowest BCUT2D eigenvalue weighted by Crippen LogP contribution is -2.53. The van der Waals surface area contributed by atoms with Gasteiger partial charge in [0.25, 0.3) is 0 Å². The Labute approximate surface area is 280 Å². The number of hydrogen-bond donors (Lipinski definition) is 3. The number of nitriles is 2. The van der Waals surface area contributed by atoms with Crippen LogP contribution in [0.15, 0.2) is 48.5 Å². The standard InChI is InChI=1S/C26H28N6O2S.2C2HF3O2/c27-13-21-3-1-2-4-24(21)19-5-7-20(8-6-19)25(33)15-30-11-9-22(10-12-30)32(29)16-26(34)31-18-35-17-23(31)14-28;2*3-2(4,5)1(6)7/h1-8,22-23H,9-12,15-18,29H2;2*(H,6,7). The average molecular weight is 717 g/mol. The van der Waals surface area contributed by atoms with E-state index in [1.807, 2.05) is 42.5 Å². The quantitative estimate of drug-likeness (QED) is 0.163. The number of nitrogens with zero attached hydrogens (tertiary/aromatic N) is 5. The second kappa shape index (κ2) is 18.2. The van der Waals surface area contributed by atoms with Gasteiger partial charge in [0.05, 0.1) is 36.7 Å². The number of carbonyl (C=O) groups is 4. The second-order valence-corrected chi connectivity index (χ2v) is 11.5. The highest BCUT2D eigenvalue weighted by atomic mass is 32.2. The van der Waals surface area contributed by atoms with E-state index in [1.54, 1.807) is 27.7 Å².